The van der Waals surface area contributed by atoms with E-state index in [1.807, 2.05) is 18.2 Å². The van der Waals surface area contributed by atoms with Gasteiger partial charge in [-0.2, -0.15) is 0 Å². The summed E-state index contributed by atoms with van der Waals surface area (Å²) in [6.45, 7) is 2.22. The molecule has 2 aliphatic heterocycles. The van der Waals surface area contributed by atoms with Crippen LogP contribution in [-0.4, -0.2) is 43.0 Å². The van der Waals surface area contributed by atoms with E-state index >= 15 is 0 Å². The van der Waals surface area contributed by atoms with Crippen LogP contribution < -0.4 is 10.1 Å². The molecule has 2 aromatic rings. The zero-order valence-electron chi connectivity index (χ0n) is 17.5. The molecule has 0 aliphatic carbocycles. The molecular formula is C25H27FN2O3. The van der Waals surface area contributed by atoms with Crippen LogP contribution in [0.4, 0.5) is 4.39 Å². The predicted octanol–water partition coefficient (Wildman–Crippen LogP) is 4.21. The van der Waals surface area contributed by atoms with E-state index in [0.717, 1.165) is 25.7 Å². The van der Waals surface area contributed by atoms with Crippen molar-refractivity contribution in [2.75, 3.05) is 26.2 Å². The van der Waals surface area contributed by atoms with Gasteiger partial charge in [-0.3, -0.25) is 9.59 Å². The number of amides is 2. The number of carbonyl (C=O) groups excluding carboxylic acids is 2. The Morgan fingerprint density at radius 1 is 1.06 bits per heavy atom. The first-order valence-electron chi connectivity index (χ1n) is 10.8. The Morgan fingerprint density at radius 3 is 2.68 bits per heavy atom. The normalized spacial score (nSPS) is 18.9. The van der Waals surface area contributed by atoms with E-state index in [1.165, 1.54) is 12.1 Å². The van der Waals surface area contributed by atoms with Gasteiger partial charge in [-0.1, -0.05) is 30.4 Å². The van der Waals surface area contributed by atoms with Crippen LogP contribution in [0.5, 0.6) is 5.75 Å². The molecule has 2 amide bonds. The van der Waals surface area contributed by atoms with Crippen LogP contribution in [0.15, 0.2) is 60.7 Å². The maximum atomic E-state index is 13.5. The molecule has 0 atom stereocenters. The van der Waals surface area contributed by atoms with Crippen LogP contribution in [0.3, 0.4) is 0 Å². The highest BCUT2D eigenvalue weighted by Crippen LogP contribution is 2.36. The number of nitrogens with zero attached hydrogens (tertiary/aromatic N) is 1. The Balaban J connectivity index is 1.47. The van der Waals surface area contributed by atoms with Gasteiger partial charge in [0.1, 0.15) is 11.6 Å². The van der Waals surface area contributed by atoms with E-state index in [-0.39, 0.29) is 17.2 Å². The molecule has 0 saturated carbocycles. The molecule has 0 bridgehead atoms. The molecule has 0 unspecified atom stereocenters. The monoisotopic (exact) mass is 422 g/mol. The first-order valence-corrected chi connectivity index (χ1v) is 10.8. The van der Waals surface area contributed by atoms with Crippen LogP contribution in [-0.2, 0) is 0 Å². The Morgan fingerprint density at radius 2 is 1.87 bits per heavy atom. The number of carbonyl (C=O) groups is 2. The van der Waals surface area contributed by atoms with Gasteiger partial charge in [0.15, 0.2) is 0 Å². The smallest absolute Gasteiger partial charge is 0.255 e. The lowest BCUT2D eigenvalue weighted by atomic mass is 9.75. The number of piperidine rings is 1. The highest BCUT2D eigenvalue weighted by Gasteiger charge is 2.36. The van der Waals surface area contributed by atoms with Gasteiger partial charge >= 0.3 is 0 Å². The van der Waals surface area contributed by atoms with Crippen LogP contribution >= 0.6 is 0 Å². The van der Waals surface area contributed by atoms with E-state index in [4.69, 9.17) is 4.74 Å². The molecule has 4 rings (SSSR count). The van der Waals surface area contributed by atoms with Crippen molar-refractivity contribution in [1.29, 1.82) is 0 Å². The predicted molar refractivity (Wildman–Crippen MR) is 117 cm³/mol. The standard InChI is InChI=1S/C25H27FN2O3/c26-20-8-6-7-19(17-20)24(30)28-14-12-25(13-15-28)11-4-1-5-16-31-22-10-3-2-9-21(22)23(29)27-18-25/h1-4,6-10,17H,5,11-16,18H2,(H,27,29). The number of ether oxygens (including phenoxy) is 1. The molecule has 31 heavy (non-hydrogen) atoms. The maximum absolute atomic E-state index is 13.5. The van der Waals surface area contributed by atoms with Crippen LogP contribution in [0, 0.1) is 11.2 Å². The van der Waals surface area contributed by atoms with E-state index in [9.17, 15) is 14.0 Å². The maximum Gasteiger partial charge on any atom is 0.255 e. The van der Waals surface area contributed by atoms with Crippen molar-refractivity contribution in [3.63, 3.8) is 0 Å². The van der Waals surface area contributed by atoms with Gasteiger partial charge in [0, 0.05) is 25.2 Å². The number of para-hydroxylation sites is 1. The molecule has 1 spiro atoms. The minimum absolute atomic E-state index is 0.111. The van der Waals surface area contributed by atoms with Crippen molar-refractivity contribution in [2.45, 2.75) is 25.7 Å². The third-order valence-corrected chi connectivity index (χ3v) is 6.20. The molecule has 6 heteroatoms. The zero-order chi connectivity index (χ0) is 21.7. The summed E-state index contributed by atoms with van der Waals surface area (Å²) in [5, 5.41) is 3.09. The number of hydrogen-bond donors (Lipinski definition) is 1. The third-order valence-electron chi connectivity index (χ3n) is 6.20. The van der Waals surface area contributed by atoms with Gasteiger partial charge in [0.25, 0.3) is 11.8 Å². The quantitative estimate of drug-likeness (QED) is 0.701. The van der Waals surface area contributed by atoms with E-state index < -0.39 is 5.82 Å². The van der Waals surface area contributed by atoms with Gasteiger partial charge in [-0.25, -0.2) is 4.39 Å². The van der Waals surface area contributed by atoms with Crippen molar-refractivity contribution in [3.05, 3.63) is 77.6 Å². The van der Waals surface area contributed by atoms with Gasteiger partial charge in [0.2, 0.25) is 0 Å². The lowest BCUT2D eigenvalue weighted by Gasteiger charge is -2.41. The van der Waals surface area contributed by atoms with Crippen molar-refractivity contribution in [2.24, 2.45) is 5.41 Å². The molecule has 2 heterocycles. The Kier molecular flexibility index (Phi) is 6.35. The molecular weight excluding hydrogens is 395 g/mol. The fraction of sp³-hybridized carbons (Fsp3) is 0.360. The second-order valence-corrected chi connectivity index (χ2v) is 8.29. The molecule has 162 valence electrons. The van der Waals surface area contributed by atoms with E-state index in [1.54, 1.807) is 23.1 Å². The highest BCUT2D eigenvalue weighted by molar-refractivity contribution is 5.97. The number of likely N-dealkylation sites (tertiary alicyclic amines) is 1. The number of hydrogen-bond acceptors (Lipinski definition) is 3. The second kappa shape index (κ2) is 9.33. The topological polar surface area (TPSA) is 58.6 Å². The van der Waals surface area contributed by atoms with Crippen molar-refractivity contribution in [3.8, 4) is 5.75 Å². The van der Waals surface area contributed by atoms with Gasteiger partial charge in [-0.15, -0.1) is 0 Å². The lowest BCUT2D eigenvalue weighted by molar-refractivity contribution is 0.0565. The largest absolute Gasteiger partial charge is 0.492 e. The average Bonchev–Trinajstić information content (AvgIpc) is 2.79. The summed E-state index contributed by atoms with van der Waals surface area (Å²) in [5.41, 5.74) is 0.806. The van der Waals surface area contributed by atoms with Crippen LogP contribution in [0.1, 0.15) is 46.4 Å². The number of fused-ring (bicyclic) bond motifs is 1. The molecule has 5 nitrogen and oxygen atoms in total. The van der Waals surface area contributed by atoms with Crippen LogP contribution in [0.25, 0.3) is 0 Å². The summed E-state index contributed by atoms with van der Waals surface area (Å²) in [4.78, 5) is 27.4. The van der Waals surface area contributed by atoms with E-state index in [0.29, 0.717) is 43.1 Å². The number of nitrogens with one attached hydrogen (secondary N) is 1. The third kappa shape index (κ3) is 4.95. The van der Waals surface area contributed by atoms with Crippen molar-refractivity contribution < 1.29 is 18.7 Å². The molecule has 2 aliphatic rings. The summed E-state index contributed by atoms with van der Waals surface area (Å²) < 4.78 is 19.3. The van der Waals surface area contributed by atoms with Gasteiger partial charge < -0.3 is 15.0 Å². The number of halogens is 1. The first kappa shape index (κ1) is 21.1. The second-order valence-electron chi connectivity index (χ2n) is 8.29. The SMILES string of the molecule is O=C1NCC2(CC=CCCOc3ccccc31)CCN(C(=O)c1cccc(F)c1)CC2. The fourth-order valence-electron chi connectivity index (χ4n) is 4.27. The molecule has 1 N–H and O–H groups in total. The minimum Gasteiger partial charge on any atom is -0.492 e. The lowest BCUT2D eigenvalue weighted by Crippen LogP contribution is -2.47. The number of benzene rings is 2. The summed E-state index contributed by atoms with van der Waals surface area (Å²) in [6.07, 6.45) is 7.44. The van der Waals surface area contributed by atoms with Gasteiger partial charge in [-0.05, 0) is 61.4 Å². The molecule has 0 radical (unpaired) electrons. The molecule has 2 aromatic carbocycles. The summed E-state index contributed by atoms with van der Waals surface area (Å²) in [5.74, 6) is -0.0970. The Hall–Kier alpha value is -3.15. The Bertz CT molecular complexity index is 980. The summed E-state index contributed by atoms with van der Waals surface area (Å²) in [7, 11) is 0. The van der Waals surface area contributed by atoms with Crippen molar-refractivity contribution in [1.82, 2.24) is 10.2 Å². The first-order chi connectivity index (χ1) is 15.1. The van der Waals surface area contributed by atoms with E-state index in [2.05, 4.69) is 17.5 Å². The summed E-state index contributed by atoms with van der Waals surface area (Å²) in [6, 6.07) is 13.1. The van der Waals surface area contributed by atoms with Crippen molar-refractivity contribution >= 4 is 11.8 Å². The number of rotatable bonds is 1. The van der Waals surface area contributed by atoms with Gasteiger partial charge in [0.05, 0.1) is 12.2 Å². The molecule has 0 aromatic heterocycles. The molecule has 1 saturated heterocycles. The number of allylic oxidation sites excluding steroid dienone is 1. The average molecular weight is 423 g/mol. The molecule has 1 fully saturated rings. The van der Waals surface area contributed by atoms with Crippen LogP contribution in [0.2, 0.25) is 0 Å². The highest BCUT2D eigenvalue weighted by atomic mass is 19.1. The summed E-state index contributed by atoms with van der Waals surface area (Å²) >= 11 is 0. The minimum atomic E-state index is -0.407. The fourth-order valence-corrected chi connectivity index (χ4v) is 4.27. The zero-order valence-corrected chi connectivity index (χ0v) is 17.5. The Labute approximate surface area is 181 Å².